The molecule has 0 atom stereocenters. The highest BCUT2D eigenvalue weighted by Crippen LogP contribution is 2.42. The second-order valence-corrected chi connectivity index (χ2v) is 9.81. The molecule has 0 radical (unpaired) electrons. The molecule has 204 valence electrons. The second kappa shape index (κ2) is 9.98. The van der Waals surface area contributed by atoms with E-state index in [0.29, 0.717) is 41.0 Å². The minimum absolute atomic E-state index is 0.231. The van der Waals surface area contributed by atoms with Gasteiger partial charge in [-0.3, -0.25) is 14.6 Å². The molecule has 10 heteroatoms. The minimum atomic E-state index is -1.00. The summed E-state index contributed by atoms with van der Waals surface area (Å²) in [6.45, 7) is 7.22. The zero-order chi connectivity index (χ0) is 28.8. The molecule has 2 aromatic carbocycles. The van der Waals surface area contributed by atoms with E-state index in [4.69, 9.17) is 10.5 Å². The Hall–Kier alpha value is -5.38. The van der Waals surface area contributed by atoms with Crippen LogP contribution < -0.4 is 15.4 Å². The second-order valence-electron chi connectivity index (χ2n) is 9.81. The summed E-state index contributed by atoms with van der Waals surface area (Å²) >= 11 is 0. The third-order valence-corrected chi connectivity index (χ3v) is 7.05. The SMILES string of the molecule is C=C(F)C(=O)N1CCc2cc(-c3c(-c4ccc(Oc5nccc(C)n5)cc4)c(C(N)=O)c4cnc(C)cn34)ccc21. The fourth-order valence-electron chi connectivity index (χ4n) is 5.24. The largest absolute Gasteiger partial charge is 0.424 e. The number of hydrogen-bond acceptors (Lipinski definition) is 6. The lowest BCUT2D eigenvalue weighted by Crippen LogP contribution is -2.28. The highest BCUT2D eigenvalue weighted by molar-refractivity contribution is 6.11. The molecule has 2 amide bonds. The van der Waals surface area contributed by atoms with Crippen LogP contribution in [-0.2, 0) is 11.2 Å². The first-order valence-corrected chi connectivity index (χ1v) is 12.9. The lowest BCUT2D eigenvalue weighted by molar-refractivity contribution is -0.116. The molecule has 9 nitrogen and oxygen atoms in total. The summed E-state index contributed by atoms with van der Waals surface area (Å²) in [6.07, 6.45) is 5.66. The van der Waals surface area contributed by atoms with E-state index in [9.17, 15) is 14.0 Å². The smallest absolute Gasteiger partial charge is 0.322 e. The van der Waals surface area contributed by atoms with Gasteiger partial charge in [0, 0.05) is 35.9 Å². The fourth-order valence-corrected chi connectivity index (χ4v) is 5.24. The molecule has 0 bridgehead atoms. The summed E-state index contributed by atoms with van der Waals surface area (Å²) in [7, 11) is 0. The highest BCUT2D eigenvalue weighted by atomic mass is 19.1. The van der Waals surface area contributed by atoms with Gasteiger partial charge in [-0.15, -0.1) is 0 Å². The number of amides is 2. The van der Waals surface area contributed by atoms with Gasteiger partial charge < -0.3 is 19.8 Å². The van der Waals surface area contributed by atoms with E-state index < -0.39 is 17.6 Å². The van der Waals surface area contributed by atoms with E-state index in [1.165, 1.54) is 4.90 Å². The number of nitrogens with two attached hydrogens (primary N) is 1. The first-order valence-electron chi connectivity index (χ1n) is 12.9. The first kappa shape index (κ1) is 25.9. The number of ether oxygens (including phenoxy) is 1. The summed E-state index contributed by atoms with van der Waals surface area (Å²) < 4.78 is 21.4. The summed E-state index contributed by atoms with van der Waals surface area (Å²) in [5.41, 5.74) is 12.8. The maximum Gasteiger partial charge on any atom is 0.322 e. The molecule has 0 unspecified atom stereocenters. The van der Waals surface area contributed by atoms with Gasteiger partial charge in [0.25, 0.3) is 11.8 Å². The molecular formula is C31H25FN6O3. The Morgan fingerprint density at radius 3 is 2.49 bits per heavy atom. The number of nitrogens with zero attached hydrogens (tertiary/aromatic N) is 5. The number of aryl methyl sites for hydroxylation is 2. The van der Waals surface area contributed by atoms with Crippen LogP contribution in [0.3, 0.4) is 0 Å². The van der Waals surface area contributed by atoms with E-state index in [2.05, 4.69) is 21.5 Å². The van der Waals surface area contributed by atoms with Gasteiger partial charge in [-0.2, -0.15) is 0 Å². The van der Waals surface area contributed by atoms with Gasteiger partial charge in [0.05, 0.1) is 28.7 Å². The van der Waals surface area contributed by atoms with Crippen LogP contribution in [0, 0.1) is 13.8 Å². The normalized spacial score (nSPS) is 12.4. The molecule has 0 fully saturated rings. The molecule has 0 saturated heterocycles. The van der Waals surface area contributed by atoms with Gasteiger partial charge in [-0.1, -0.05) is 24.8 Å². The number of aromatic nitrogens is 4. The quantitative estimate of drug-likeness (QED) is 0.287. The molecule has 1 aliphatic rings. The maximum absolute atomic E-state index is 13.6. The van der Waals surface area contributed by atoms with Crippen molar-refractivity contribution in [3.8, 4) is 34.1 Å². The number of benzene rings is 2. The lowest BCUT2D eigenvalue weighted by Gasteiger charge is -2.16. The van der Waals surface area contributed by atoms with Crippen molar-refractivity contribution in [3.05, 3.63) is 102 Å². The Morgan fingerprint density at radius 1 is 1.02 bits per heavy atom. The predicted octanol–water partition coefficient (Wildman–Crippen LogP) is 5.34. The van der Waals surface area contributed by atoms with E-state index >= 15 is 0 Å². The lowest BCUT2D eigenvalue weighted by atomic mass is 9.95. The van der Waals surface area contributed by atoms with Crippen molar-refractivity contribution in [3.63, 3.8) is 0 Å². The van der Waals surface area contributed by atoms with Gasteiger partial charge in [-0.05, 0) is 67.3 Å². The molecule has 6 rings (SSSR count). The van der Waals surface area contributed by atoms with Crippen LogP contribution in [-0.4, -0.2) is 37.7 Å². The number of primary amides is 1. The van der Waals surface area contributed by atoms with Gasteiger partial charge in [-0.25, -0.2) is 14.4 Å². The minimum Gasteiger partial charge on any atom is -0.424 e. The maximum atomic E-state index is 13.6. The van der Waals surface area contributed by atoms with Crippen LogP contribution in [0.4, 0.5) is 10.1 Å². The Labute approximate surface area is 234 Å². The topological polar surface area (TPSA) is 116 Å². The number of anilines is 1. The molecule has 3 aromatic heterocycles. The number of halogens is 1. The molecule has 2 N–H and O–H groups in total. The standard InChI is InChI=1S/C31H25FN6O3/c1-17-10-12-34-31(36-17)41-23-7-4-20(5-8-23)26-27(29(33)39)25-15-35-18(2)16-38(25)28(26)22-6-9-24-21(14-22)11-13-37(24)30(40)19(3)32/h4-10,12,14-16H,3,11,13H2,1-2H3,(H2,33,39). The number of fused-ring (bicyclic) bond motifs is 2. The third-order valence-electron chi connectivity index (χ3n) is 7.05. The van der Waals surface area contributed by atoms with Crippen LogP contribution in [0.25, 0.3) is 27.9 Å². The summed E-state index contributed by atoms with van der Waals surface area (Å²) in [4.78, 5) is 39.4. The molecular weight excluding hydrogens is 523 g/mol. The summed E-state index contributed by atoms with van der Waals surface area (Å²) in [5, 5.41) is 0. The molecule has 0 aliphatic carbocycles. The number of carbonyl (C=O) groups is 2. The van der Waals surface area contributed by atoms with Crippen molar-refractivity contribution >= 4 is 23.0 Å². The van der Waals surface area contributed by atoms with E-state index in [1.54, 1.807) is 36.7 Å². The number of carbonyl (C=O) groups excluding carboxylic acids is 2. The molecule has 5 aromatic rings. The van der Waals surface area contributed by atoms with Crippen molar-refractivity contribution in [2.24, 2.45) is 5.73 Å². The Balaban J connectivity index is 1.50. The molecule has 41 heavy (non-hydrogen) atoms. The molecule has 4 heterocycles. The molecule has 0 saturated carbocycles. The average Bonchev–Trinajstić information content (AvgIpc) is 3.51. The number of rotatable bonds is 6. The van der Waals surface area contributed by atoms with Crippen LogP contribution in [0.1, 0.15) is 27.3 Å². The van der Waals surface area contributed by atoms with E-state index in [-0.39, 0.29) is 6.01 Å². The Kier molecular flexibility index (Phi) is 6.30. The van der Waals surface area contributed by atoms with E-state index in [1.807, 2.05) is 48.7 Å². The zero-order valence-corrected chi connectivity index (χ0v) is 22.4. The monoisotopic (exact) mass is 548 g/mol. The van der Waals surface area contributed by atoms with Crippen molar-refractivity contribution in [2.75, 3.05) is 11.4 Å². The van der Waals surface area contributed by atoms with Gasteiger partial charge in [0.2, 0.25) is 0 Å². The molecule has 0 spiro atoms. The number of hydrogen-bond donors (Lipinski definition) is 1. The fraction of sp³-hybridized carbons (Fsp3) is 0.129. The van der Waals surface area contributed by atoms with Gasteiger partial charge >= 0.3 is 6.01 Å². The summed E-state index contributed by atoms with van der Waals surface area (Å²) in [5.74, 6) is -1.82. The Bertz CT molecular complexity index is 1880. The van der Waals surface area contributed by atoms with Gasteiger partial charge in [0.15, 0.2) is 5.83 Å². The van der Waals surface area contributed by atoms with Crippen LogP contribution in [0.2, 0.25) is 0 Å². The van der Waals surface area contributed by atoms with Crippen LogP contribution >= 0.6 is 0 Å². The van der Waals surface area contributed by atoms with Crippen LogP contribution in [0.15, 0.2) is 79.5 Å². The Morgan fingerprint density at radius 2 is 1.78 bits per heavy atom. The van der Waals surface area contributed by atoms with Gasteiger partial charge in [0.1, 0.15) is 5.75 Å². The van der Waals surface area contributed by atoms with Crippen molar-refractivity contribution in [1.29, 1.82) is 0 Å². The van der Waals surface area contributed by atoms with Crippen molar-refractivity contribution in [2.45, 2.75) is 20.3 Å². The first-order chi connectivity index (χ1) is 19.7. The zero-order valence-electron chi connectivity index (χ0n) is 22.4. The van der Waals surface area contributed by atoms with Crippen molar-refractivity contribution in [1.82, 2.24) is 19.4 Å². The summed E-state index contributed by atoms with van der Waals surface area (Å²) in [6, 6.07) is 14.9. The third kappa shape index (κ3) is 4.59. The van der Waals surface area contributed by atoms with Crippen LogP contribution in [0.5, 0.6) is 11.8 Å². The van der Waals surface area contributed by atoms with E-state index in [0.717, 1.165) is 33.8 Å². The average molecular weight is 549 g/mol. The predicted molar refractivity (Wildman–Crippen MR) is 152 cm³/mol. The highest BCUT2D eigenvalue weighted by Gasteiger charge is 2.29. The molecule has 1 aliphatic heterocycles. The van der Waals surface area contributed by atoms with Crippen molar-refractivity contribution < 1.29 is 18.7 Å².